The fourth-order valence-electron chi connectivity index (χ4n) is 2.45. The SMILES string of the molecule is COCCNS(=O)(=O)c1ccc(C)c(C(=O)NCCCOc2ccccc2)c1. The van der Waals surface area contributed by atoms with Crippen molar-refractivity contribution < 1.29 is 22.7 Å². The third kappa shape index (κ3) is 6.63. The quantitative estimate of drug-likeness (QED) is 0.558. The maximum atomic E-state index is 12.5. The van der Waals surface area contributed by atoms with Crippen LogP contribution in [0.3, 0.4) is 0 Å². The number of methoxy groups -OCH3 is 1. The molecule has 2 N–H and O–H groups in total. The summed E-state index contributed by atoms with van der Waals surface area (Å²) in [7, 11) is -2.20. The van der Waals surface area contributed by atoms with Crippen molar-refractivity contribution in [2.75, 3.05) is 33.4 Å². The van der Waals surface area contributed by atoms with Crippen molar-refractivity contribution in [1.82, 2.24) is 10.0 Å². The van der Waals surface area contributed by atoms with Crippen LogP contribution in [0.2, 0.25) is 0 Å². The smallest absolute Gasteiger partial charge is 0.251 e. The summed E-state index contributed by atoms with van der Waals surface area (Å²) >= 11 is 0. The highest BCUT2D eigenvalue weighted by Gasteiger charge is 2.17. The summed E-state index contributed by atoms with van der Waals surface area (Å²) < 4.78 is 37.5. The molecule has 2 aromatic carbocycles. The predicted octanol–water partition coefficient (Wildman–Crippen LogP) is 2.12. The van der Waals surface area contributed by atoms with Crippen LogP contribution in [0.5, 0.6) is 5.75 Å². The number of para-hydroxylation sites is 1. The second kappa shape index (κ2) is 10.8. The van der Waals surface area contributed by atoms with E-state index in [2.05, 4.69) is 10.0 Å². The van der Waals surface area contributed by atoms with Crippen LogP contribution in [-0.2, 0) is 14.8 Å². The molecule has 152 valence electrons. The van der Waals surface area contributed by atoms with Crippen molar-refractivity contribution in [2.24, 2.45) is 0 Å². The van der Waals surface area contributed by atoms with Crippen LogP contribution >= 0.6 is 0 Å². The molecular formula is C20H26N2O5S. The summed E-state index contributed by atoms with van der Waals surface area (Å²) in [5, 5.41) is 2.80. The Morgan fingerprint density at radius 1 is 1.04 bits per heavy atom. The Balaban J connectivity index is 1.89. The lowest BCUT2D eigenvalue weighted by atomic mass is 10.1. The number of benzene rings is 2. The molecule has 0 atom stereocenters. The average Bonchev–Trinajstić information content (AvgIpc) is 2.68. The fraction of sp³-hybridized carbons (Fsp3) is 0.350. The number of rotatable bonds is 11. The van der Waals surface area contributed by atoms with Crippen LogP contribution in [0.15, 0.2) is 53.4 Å². The lowest BCUT2D eigenvalue weighted by Gasteiger charge is -2.11. The van der Waals surface area contributed by atoms with Crippen molar-refractivity contribution in [3.63, 3.8) is 0 Å². The van der Waals surface area contributed by atoms with Gasteiger partial charge in [-0.15, -0.1) is 0 Å². The standard InChI is InChI=1S/C20H26N2O5S/c1-16-9-10-18(28(24,25)22-12-14-26-2)15-19(16)20(23)21-11-6-13-27-17-7-4-3-5-8-17/h3-5,7-10,15,22H,6,11-14H2,1-2H3,(H,21,23). The number of amides is 1. The summed E-state index contributed by atoms with van der Waals surface area (Å²) in [6.45, 7) is 3.09. The zero-order chi connectivity index (χ0) is 20.4. The van der Waals surface area contributed by atoms with Crippen LogP contribution in [0.25, 0.3) is 0 Å². The predicted molar refractivity (Wildman–Crippen MR) is 107 cm³/mol. The molecular weight excluding hydrogens is 380 g/mol. The summed E-state index contributed by atoms with van der Waals surface area (Å²) in [6.07, 6.45) is 0.635. The van der Waals surface area contributed by atoms with Gasteiger partial charge >= 0.3 is 0 Å². The summed E-state index contributed by atoms with van der Waals surface area (Å²) in [6, 6.07) is 13.9. The van der Waals surface area contributed by atoms with Crippen molar-refractivity contribution in [3.8, 4) is 5.75 Å². The van der Waals surface area contributed by atoms with Crippen LogP contribution in [-0.4, -0.2) is 47.7 Å². The van der Waals surface area contributed by atoms with E-state index >= 15 is 0 Å². The van der Waals surface area contributed by atoms with E-state index in [9.17, 15) is 13.2 Å². The second-order valence-electron chi connectivity index (χ2n) is 6.14. The number of hydrogen-bond acceptors (Lipinski definition) is 5. The molecule has 0 fully saturated rings. The van der Waals surface area contributed by atoms with Gasteiger partial charge in [-0.05, 0) is 43.2 Å². The van der Waals surface area contributed by atoms with Crippen LogP contribution < -0.4 is 14.8 Å². The maximum Gasteiger partial charge on any atom is 0.251 e. The van der Waals surface area contributed by atoms with Gasteiger partial charge in [0.1, 0.15) is 5.75 Å². The van der Waals surface area contributed by atoms with Crippen molar-refractivity contribution in [1.29, 1.82) is 0 Å². The second-order valence-corrected chi connectivity index (χ2v) is 7.91. The van der Waals surface area contributed by atoms with E-state index in [0.717, 1.165) is 5.75 Å². The van der Waals surface area contributed by atoms with Crippen molar-refractivity contribution in [2.45, 2.75) is 18.2 Å². The monoisotopic (exact) mass is 406 g/mol. The Morgan fingerprint density at radius 2 is 1.79 bits per heavy atom. The molecule has 2 rings (SSSR count). The Kier molecular flexibility index (Phi) is 8.43. The van der Waals surface area contributed by atoms with Gasteiger partial charge in [0.2, 0.25) is 10.0 Å². The average molecular weight is 407 g/mol. The Bertz CT molecular complexity index is 869. The van der Waals surface area contributed by atoms with Gasteiger partial charge in [0.25, 0.3) is 5.91 Å². The number of ether oxygens (including phenoxy) is 2. The highest BCUT2D eigenvalue weighted by molar-refractivity contribution is 7.89. The highest BCUT2D eigenvalue weighted by atomic mass is 32.2. The first-order valence-electron chi connectivity index (χ1n) is 8.99. The van der Waals surface area contributed by atoms with Crippen LogP contribution in [0, 0.1) is 6.92 Å². The molecule has 0 saturated heterocycles. The van der Waals surface area contributed by atoms with Gasteiger partial charge in [0.05, 0.1) is 18.1 Å². The third-order valence-electron chi connectivity index (χ3n) is 3.98. The van der Waals surface area contributed by atoms with E-state index in [4.69, 9.17) is 9.47 Å². The van der Waals surface area contributed by atoms with Gasteiger partial charge < -0.3 is 14.8 Å². The number of carbonyl (C=O) groups is 1. The molecule has 0 aliphatic carbocycles. The first kappa shape index (κ1) is 21.9. The number of nitrogens with one attached hydrogen (secondary N) is 2. The first-order chi connectivity index (χ1) is 13.4. The minimum Gasteiger partial charge on any atom is -0.494 e. The Hall–Kier alpha value is -2.42. The zero-order valence-electron chi connectivity index (χ0n) is 16.1. The van der Waals surface area contributed by atoms with Gasteiger partial charge in [0, 0.05) is 25.8 Å². The lowest BCUT2D eigenvalue weighted by molar-refractivity contribution is 0.0950. The van der Waals surface area contributed by atoms with Gasteiger partial charge in [-0.3, -0.25) is 4.79 Å². The summed E-state index contributed by atoms with van der Waals surface area (Å²) in [5.74, 6) is 0.467. The number of sulfonamides is 1. The number of hydrogen-bond donors (Lipinski definition) is 2. The largest absolute Gasteiger partial charge is 0.494 e. The minimum absolute atomic E-state index is 0.0479. The van der Waals surface area contributed by atoms with E-state index in [1.165, 1.54) is 19.2 Å². The van der Waals surface area contributed by atoms with E-state index in [1.807, 2.05) is 30.3 Å². The molecule has 0 saturated carbocycles. The molecule has 7 nitrogen and oxygen atoms in total. The molecule has 0 aliphatic heterocycles. The molecule has 0 unspecified atom stereocenters. The van der Waals surface area contributed by atoms with Gasteiger partial charge in [-0.2, -0.15) is 0 Å². The van der Waals surface area contributed by atoms with Crippen LogP contribution in [0.1, 0.15) is 22.3 Å². The highest BCUT2D eigenvalue weighted by Crippen LogP contribution is 2.16. The number of carbonyl (C=O) groups excluding carboxylic acids is 1. The number of aryl methyl sites for hydroxylation is 1. The van der Waals surface area contributed by atoms with E-state index in [0.29, 0.717) is 30.7 Å². The Labute approximate surface area is 166 Å². The molecule has 0 aliphatic rings. The molecule has 2 aromatic rings. The molecule has 1 amide bonds. The first-order valence-corrected chi connectivity index (χ1v) is 10.5. The molecule has 0 aromatic heterocycles. The molecule has 0 bridgehead atoms. The summed E-state index contributed by atoms with van der Waals surface area (Å²) in [5.41, 5.74) is 1.03. The minimum atomic E-state index is -3.70. The lowest BCUT2D eigenvalue weighted by Crippen LogP contribution is -2.29. The van der Waals surface area contributed by atoms with Crippen molar-refractivity contribution >= 4 is 15.9 Å². The normalized spacial score (nSPS) is 11.2. The van der Waals surface area contributed by atoms with Gasteiger partial charge in [-0.25, -0.2) is 13.1 Å². The molecule has 28 heavy (non-hydrogen) atoms. The molecule has 0 heterocycles. The maximum absolute atomic E-state index is 12.5. The molecule has 8 heteroatoms. The summed E-state index contributed by atoms with van der Waals surface area (Å²) in [4.78, 5) is 12.5. The van der Waals surface area contributed by atoms with Gasteiger partial charge in [0.15, 0.2) is 0 Å². The topological polar surface area (TPSA) is 93.7 Å². The van der Waals surface area contributed by atoms with Crippen molar-refractivity contribution in [3.05, 3.63) is 59.7 Å². The Morgan fingerprint density at radius 3 is 2.50 bits per heavy atom. The molecule has 0 spiro atoms. The van der Waals surface area contributed by atoms with E-state index in [1.54, 1.807) is 13.0 Å². The van der Waals surface area contributed by atoms with Crippen LogP contribution in [0.4, 0.5) is 0 Å². The zero-order valence-corrected chi connectivity index (χ0v) is 16.9. The van der Waals surface area contributed by atoms with E-state index < -0.39 is 10.0 Å². The molecule has 0 radical (unpaired) electrons. The fourth-order valence-corrected chi connectivity index (χ4v) is 3.49. The van der Waals surface area contributed by atoms with E-state index in [-0.39, 0.29) is 24.0 Å². The van der Waals surface area contributed by atoms with Gasteiger partial charge in [-0.1, -0.05) is 24.3 Å². The third-order valence-corrected chi connectivity index (χ3v) is 5.44.